The summed E-state index contributed by atoms with van der Waals surface area (Å²) in [7, 11) is 1.64. The van der Waals surface area contributed by atoms with E-state index in [1.54, 1.807) is 7.11 Å². The second kappa shape index (κ2) is 11.0. The molecule has 34 heavy (non-hydrogen) atoms. The predicted molar refractivity (Wildman–Crippen MR) is 127 cm³/mol. The number of rotatable bonds is 9. The maximum absolute atomic E-state index is 12.9. The van der Waals surface area contributed by atoms with Gasteiger partial charge in [0.25, 0.3) is 11.5 Å². The van der Waals surface area contributed by atoms with Crippen molar-refractivity contribution in [3.05, 3.63) is 88.3 Å². The third-order valence-electron chi connectivity index (χ3n) is 6.15. The Labute approximate surface area is 198 Å². The van der Waals surface area contributed by atoms with Gasteiger partial charge in [0.15, 0.2) is 0 Å². The quantitative estimate of drug-likeness (QED) is 0.525. The van der Waals surface area contributed by atoms with Crippen molar-refractivity contribution in [2.45, 2.75) is 24.8 Å². The van der Waals surface area contributed by atoms with Crippen LogP contribution < -0.4 is 20.3 Å². The summed E-state index contributed by atoms with van der Waals surface area (Å²) in [4.78, 5) is 25.2. The number of nitrogens with zero attached hydrogens (tertiary/aromatic N) is 2. The first-order chi connectivity index (χ1) is 16.6. The Morgan fingerprint density at radius 2 is 1.76 bits per heavy atom. The lowest BCUT2D eigenvalue weighted by Crippen LogP contribution is -2.45. The highest BCUT2D eigenvalue weighted by Crippen LogP contribution is 2.35. The van der Waals surface area contributed by atoms with E-state index >= 15 is 0 Å². The fraction of sp³-hybridized carbons (Fsp3) is 0.346. The Balaban J connectivity index is 1.42. The molecule has 0 spiro atoms. The lowest BCUT2D eigenvalue weighted by Gasteiger charge is -2.38. The number of para-hydroxylation sites is 1. The summed E-state index contributed by atoms with van der Waals surface area (Å²) >= 11 is 0. The molecule has 3 aromatic rings. The first-order valence-electron chi connectivity index (χ1n) is 11.4. The van der Waals surface area contributed by atoms with E-state index in [0.717, 1.165) is 24.2 Å². The fourth-order valence-electron chi connectivity index (χ4n) is 4.11. The molecule has 0 aliphatic carbocycles. The Morgan fingerprint density at radius 3 is 2.47 bits per heavy atom. The number of carbonyl (C=O) groups excluding carboxylic acids is 1. The van der Waals surface area contributed by atoms with Crippen molar-refractivity contribution in [2.75, 3.05) is 33.5 Å². The third kappa shape index (κ3) is 5.63. The highest BCUT2D eigenvalue weighted by atomic mass is 16.5. The molecule has 178 valence electrons. The van der Waals surface area contributed by atoms with Crippen LogP contribution in [0.2, 0.25) is 0 Å². The van der Waals surface area contributed by atoms with Crippen molar-refractivity contribution in [3.8, 4) is 11.5 Å². The summed E-state index contributed by atoms with van der Waals surface area (Å²) in [6.45, 7) is 2.21. The lowest BCUT2D eigenvalue weighted by molar-refractivity contribution is 0.0486. The highest BCUT2D eigenvalue weighted by Gasteiger charge is 2.35. The molecule has 1 fully saturated rings. The van der Waals surface area contributed by atoms with Gasteiger partial charge in [-0.15, -0.1) is 0 Å². The number of methoxy groups -OCH3 is 1. The highest BCUT2D eigenvalue weighted by molar-refractivity contribution is 5.92. The molecule has 1 aliphatic rings. The van der Waals surface area contributed by atoms with Crippen LogP contribution in [0.4, 0.5) is 0 Å². The Kier molecular flexibility index (Phi) is 7.59. The Morgan fingerprint density at radius 1 is 1.03 bits per heavy atom. The topological polar surface area (TPSA) is 91.7 Å². The van der Waals surface area contributed by atoms with Crippen LogP contribution in [0, 0.1) is 0 Å². The van der Waals surface area contributed by atoms with Crippen LogP contribution in [0.5, 0.6) is 11.5 Å². The molecule has 4 rings (SSSR count). The van der Waals surface area contributed by atoms with Crippen molar-refractivity contribution < 1.29 is 19.0 Å². The minimum absolute atomic E-state index is 0.191. The van der Waals surface area contributed by atoms with Crippen LogP contribution in [0.1, 0.15) is 28.9 Å². The van der Waals surface area contributed by atoms with Crippen molar-refractivity contribution in [1.82, 2.24) is 15.1 Å². The van der Waals surface area contributed by atoms with Crippen molar-refractivity contribution in [1.29, 1.82) is 0 Å². The van der Waals surface area contributed by atoms with Crippen LogP contribution in [0.15, 0.2) is 71.5 Å². The maximum atomic E-state index is 12.9. The Bertz CT molecular complexity index is 1140. The summed E-state index contributed by atoms with van der Waals surface area (Å²) in [5.41, 5.74) is 0.800. The molecular weight excluding hydrogens is 434 g/mol. The van der Waals surface area contributed by atoms with E-state index in [1.165, 1.54) is 16.8 Å². The van der Waals surface area contributed by atoms with E-state index in [9.17, 15) is 9.59 Å². The molecular formula is C26H29N3O5. The molecule has 2 heterocycles. The van der Waals surface area contributed by atoms with Gasteiger partial charge in [0, 0.05) is 31.2 Å². The molecule has 1 aliphatic heterocycles. The van der Waals surface area contributed by atoms with E-state index in [0.29, 0.717) is 25.5 Å². The minimum Gasteiger partial charge on any atom is -0.497 e. The zero-order valence-corrected chi connectivity index (χ0v) is 19.2. The first-order valence-corrected chi connectivity index (χ1v) is 11.4. The van der Waals surface area contributed by atoms with Crippen LogP contribution in [0.25, 0.3) is 0 Å². The summed E-state index contributed by atoms with van der Waals surface area (Å²) in [5.74, 6) is 1.18. The zero-order chi connectivity index (χ0) is 23.8. The van der Waals surface area contributed by atoms with Gasteiger partial charge in [0.2, 0.25) is 0 Å². The van der Waals surface area contributed by atoms with Crippen LogP contribution in [-0.4, -0.2) is 49.2 Å². The average Bonchev–Trinajstić information content (AvgIpc) is 2.89. The summed E-state index contributed by atoms with van der Waals surface area (Å²) in [5, 5.41) is 7.29. The number of amides is 1. The van der Waals surface area contributed by atoms with Crippen molar-refractivity contribution in [2.24, 2.45) is 0 Å². The van der Waals surface area contributed by atoms with Gasteiger partial charge in [-0.05, 0) is 48.7 Å². The molecule has 0 radical (unpaired) electrons. The van der Waals surface area contributed by atoms with Crippen molar-refractivity contribution in [3.63, 3.8) is 0 Å². The summed E-state index contributed by atoms with van der Waals surface area (Å²) in [6, 6.07) is 20.1. The molecule has 0 bridgehead atoms. The number of ether oxygens (including phenoxy) is 3. The van der Waals surface area contributed by atoms with Gasteiger partial charge in [-0.3, -0.25) is 9.59 Å². The van der Waals surface area contributed by atoms with Gasteiger partial charge in [-0.1, -0.05) is 30.3 Å². The van der Waals surface area contributed by atoms with Crippen LogP contribution in [-0.2, 0) is 16.7 Å². The van der Waals surface area contributed by atoms with Crippen LogP contribution in [0.3, 0.4) is 0 Å². The molecule has 8 heteroatoms. The predicted octanol–water partition coefficient (Wildman–Crippen LogP) is 2.81. The standard InChI is InChI=1S/C26H29N3O5/c1-32-21-9-7-20(8-10-21)26(13-16-33-17-14-26)19-27-25(31)23-11-12-24(30)29(28-23)15-18-34-22-5-3-2-4-6-22/h2-12H,13-19H2,1H3,(H,27,31). The average molecular weight is 464 g/mol. The second-order valence-electron chi connectivity index (χ2n) is 8.25. The fourth-order valence-corrected chi connectivity index (χ4v) is 4.11. The van der Waals surface area contributed by atoms with E-state index < -0.39 is 0 Å². The molecule has 2 aromatic carbocycles. The molecule has 8 nitrogen and oxygen atoms in total. The van der Waals surface area contributed by atoms with Gasteiger partial charge in [-0.2, -0.15) is 5.10 Å². The van der Waals surface area contributed by atoms with Gasteiger partial charge in [-0.25, -0.2) is 4.68 Å². The summed E-state index contributed by atoms with van der Waals surface area (Å²) in [6.07, 6.45) is 1.59. The third-order valence-corrected chi connectivity index (χ3v) is 6.15. The van der Waals surface area contributed by atoms with E-state index in [1.807, 2.05) is 54.6 Å². The number of aromatic nitrogens is 2. The van der Waals surface area contributed by atoms with Gasteiger partial charge >= 0.3 is 0 Å². The molecule has 1 amide bonds. The molecule has 1 saturated heterocycles. The number of carbonyl (C=O) groups is 1. The van der Waals surface area contributed by atoms with Crippen molar-refractivity contribution >= 4 is 5.91 Å². The summed E-state index contributed by atoms with van der Waals surface area (Å²) < 4.78 is 17.8. The molecule has 1 N–H and O–H groups in total. The smallest absolute Gasteiger partial charge is 0.271 e. The van der Waals surface area contributed by atoms with E-state index in [-0.39, 0.29) is 35.7 Å². The molecule has 0 unspecified atom stereocenters. The van der Waals surface area contributed by atoms with Gasteiger partial charge in [0.05, 0.1) is 13.7 Å². The lowest BCUT2D eigenvalue weighted by atomic mass is 9.74. The largest absolute Gasteiger partial charge is 0.497 e. The molecule has 1 aromatic heterocycles. The molecule has 0 saturated carbocycles. The second-order valence-corrected chi connectivity index (χ2v) is 8.25. The number of nitrogens with one attached hydrogen (secondary N) is 1. The normalized spacial score (nSPS) is 14.9. The monoisotopic (exact) mass is 463 g/mol. The van der Waals surface area contributed by atoms with Gasteiger partial charge in [0.1, 0.15) is 23.8 Å². The van der Waals surface area contributed by atoms with Gasteiger partial charge < -0.3 is 19.5 Å². The number of hydrogen-bond acceptors (Lipinski definition) is 6. The minimum atomic E-state index is -0.322. The first kappa shape index (κ1) is 23.5. The van der Waals surface area contributed by atoms with Crippen LogP contribution >= 0.6 is 0 Å². The molecule has 0 atom stereocenters. The number of benzene rings is 2. The SMILES string of the molecule is COc1ccc(C2(CNC(=O)c3ccc(=O)n(CCOc4ccccc4)n3)CCOCC2)cc1. The number of hydrogen-bond donors (Lipinski definition) is 1. The van der Waals surface area contributed by atoms with E-state index in [2.05, 4.69) is 10.4 Å². The Hall–Kier alpha value is -3.65. The zero-order valence-electron chi connectivity index (χ0n) is 19.2. The van der Waals surface area contributed by atoms with E-state index in [4.69, 9.17) is 14.2 Å². The maximum Gasteiger partial charge on any atom is 0.271 e.